The van der Waals surface area contributed by atoms with E-state index in [1.807, 2.05) is 12.1 Å². The van der Waals surface area contributed by atoms with Crippen molar-refractivity contribution in [2.24, 2.45) is 0 Å². The summed E-state index contributed by atoms with van der Waals surface area (Å²) in [6.07, 6.45) is 5.08. The summed E-state index contributed by atoms with van der Waals surface area (Å²) in [6.45, 7) is 0. The van der Waals surface area contributed by atoms with Crippen LogP contribution in [0.5, 0.6) is 0 Å². The highest BCUT2D eigenvalue weighted by Crippen LogP contribution is 2.32. The van der Waals surface area contributed by atoms with Crippen LogP contribution in [0.25, 0.3) is 0 Å². The van der Waals surface area contributed by atoms with Crippen molar-refractivity contribution < 1.29 is 5.11 Å². The minimum absolute atomic E-state index is 0.423. The molecule has 1 aromatic carbocycles. The van der Waals surface area contributed by atoms with Crippen LogP contribution in [0.1, 0.15) is 31.2 Å². The molecule has 14 heavy (non-hydrogen) atoms. The fourth-order valence-electron chi connectivity index (χ4n) is 2.19. The van der Waals surface area contributed by atoms with Crippen LogP contribution in [-0.4, -0.2) is 10.7 Å². The van der Waals surface area contributed by atoms with Crippen molar-refractivity contribution in [1.29, 1.82) is 0 Å². The maximum atomic E-state index is 10.2. The molecule has 1 aliphatic carbocycles. The van der Waals surface area contributed by atoms with Crippen molar-refractivity contribution in [3.05, 3.63) is 34.3 Å². The van der Waals surface area contributed by atoms with E-state index in [-0.39, 0.29) is 0 Å². The highest BCUT2D eigenvalue weighted by molar-refractivity contribution is 9.10. The molecular formula is C12H15BrO. The fourth-order valence-corrected chi connectivity index (χ4v) is 2.46. The summed E-state index contributed by atoms with van der Waals surface area (Å²) >= 11 is 3.41. The number of halogens is 1. The van der Waals surface area contributed by atoms with Crippen molar-refractivity contribution in [2.45, 2.75) is 37.7 Å². The molecule has 0 heterocycles. The topological polar surface area (TPSA) is 20.2 Å². The molecule has 0 radical (unpaired) electrons. The van der Waals surface area contributed by atoms with Crippen molar-refractivity contribution >= 4 is 15.9 Å². The van der Waals surface area contributed by atoms with E-state index in [1.54, 1.807) is 0 Å². The van der Waals surface area contributed by atoms with Gasteiger partial charge in [-0.2, -0.15) is 0 Å². The molecule has 0 unspecified atom stereocenters. The first-order valence-corrected chi connectivity index (χ1v) is 5.94. The minimum Gasteiger partial charge on any atom is -0.390 e. The number of aliphatic hydroxyl groups is 1. The largest absolute Gasteiger partial charge is 0.390 e. The molecule has 0 spiro atoms. The van der Waals surface area contributed by atoms with Crippen LogP contribution in [0.15, 0.2) is 28.7 Å². The number of hydrogen-bond acceptors (Lipinski definition) is 1. The molecule has 1 aliphatic rings. The van der Waals surface area contributed by atoms with Crippen molar-refractivity contribution in [3.63, 3.8) is 0 Å². The first kappa shape index (κ1) is 10.2. The highest BCUT2D eigenvalue weighted by atomic mass is 79.9. The highest BCUT2D eigenvalue weighted by Gasteiger charge is 2.30. The molecule has 76 valence electrons. The second-order valence-corrected chi connectivity index (χ2v) is 5.15. The number of benzene rings is 1. The predicted octanol–water partition coefficient (Wildman–Crippen LogP) is 3.30. The van der Waals surface area contributed by atoms with Crippen LogP contribution >= 0.6 is 15.9 Å². The Morgan fingerprint density at radius 2 is 1.71 bits per heavy atom. The Hall–Kier alpha value is -0.340. The second-order valence-electron chi connectivity index (χ2n) is 4.23. The Morgan fingerprint density at radius 1 is 1.14 bits per heavy atom. The Labute approximate surface area is 93.3 Å². The van der Waals surface area contributed by atoms with Crippen LogP contribution in [0.2, 0.25) is 0 Å². The first-order valence-electron chi connectivity index (χ1n) is 5.15. The van der Waals surface area contributed by atoms with Gasteiger partial charge in [0, 0.05) is 10.9 Å². The number of hydrogen-bond donors (Lipinski definition) is 1. The summed E-state index contributed by atoms with van der Waals surface area (Å²) in [4.78, 5) is 0. The molecular weight excluding hydrogens is 240 g/mol. The molecule has 1 nitrogen and oxygen atoms in total. The van der Waals surface area contributed by atoms with Crippen molar-refractivity contribution in [3.8, 4) is 0 Å². The van der Waals surface area contributed by atoms with Gasteiger partial charge >= 0.3 is 0 Å². The third-order valence-electron chi connectivity index (χ3n) is 2.98. The predicted molar refractivity (Wildman–Crippen MR) is 61.3 cm³/mol. The van der Waals surface area contributed by atoms with E-state index in [9.17, 15) is 5.11 Å². The monoisotopic (exact) mass is 254 g/mol. The van der Waals surface area contributed by atoms with Gasteiger partial charge in [0.1, 0.15) is 0 Å². The molecule has 0 aromatic heterocycles. The lowest BCUT2D eigenvalue weighted by Crippen LogP contribution is -2.26. The molecule has 0 bridgehead atoms. The van der Waals surface area contributed by atoms with Gasteiger partial charge in [-0.05, 0) is 30.5 Å². The van der Waals surface area contributed by atoms with Gasteiger partial charge in [0.25, 0.3) is 0 Å². The molecule has 0 saturated heterocycles. The normalized spacial score (nSPS) is 19.9. The third kappa shape index (κ3) is 2.37. The summed E-state index contributed by atoms with van der Waals surface area (Å²) in [5.41, 5.74) is 0.811. The van der Waals surface area contributed by atoms with Gasteiger partial charge in [-0.15, -0.1) is 0 Å². The summed E-state index contributed by atoms with van der Waals surface area (Å²) in [6, 6.07) is 8.24. The van der Waals surface area contributed by atoms with Crippen LogP contribution in [0.4, 0.5) is 0 Å². The molecule has 0 aliphatic heterocycles. The lowest BCUT2D eigenvalue weighted by molar-refractivity contribution is 0.0482. The Balaban J connectivity index is 2.06. The zero-order chi connectivity index (χ0) is 10.0. The van der Waals surface area contributed by atoms with Gasteiger partial charge < -0.3 is 5.11 Å². The van der Waals surface area contributed by atoms with Crippen molar-refractivity contribution in [1.82, 2.24) is 0 Å². The van der Waals surface area contributed by atoms with Gasteiger partial charge in [0.05, 0.1) is 5.60 Å². The van der Waals surface area contributed by atoms with Gasteiger partial charge in [-0.3, -0.25) is 0 Å². The lowest BCUT2D eigenvalue weighted by Gasteiger charge is -2.21. The Kier molecular flexibility index (Phi) is 2.93. The third-order valence-corrected chi connectivity index (χ3v) is 3.51. The molecule has 0 atom stereocenters. The van der Waals surface area contributed by atoms with E-state index in [1.165, 1.54) is 18.4 Å². The minimum atomic E-state index is -0.423. The second kappa shape index (κ2) is 4.03. The summed E-state index contributed by atoms with van der Waals surface area (Å²) in [5.74, 6) is 0. The number of rotatable bonds is 2. The zero-order valence-corrected chi connectivity index (χ0v) is 9.76. The van der Waals surface area contributed by atoms with Gasteiger partial charge in [0.15, 0.2) is 0 Å². The maximum absolute atomic E-state index is 10.2. The molecule has 2 rings (SSSR count). The quantitative estimate of drug-likeness (QED) is 0.859. The van der Waals surface area contributed by atoms with E-state index in [0.29, 0.717) is 0 Å². The van der Waals surface area contributed by atoms with Crippen LogP contribution in [-0.2, 0) is 6.42 Å². The fraction of sp³-hybridized carbons (Fsp3) is 0.500. The van der Waals surface area contributed by atoms with Crippen LogP contribution in [0, 0.1) is 0 Å². The van der Waals surface area contributed by atoms with Gasteiger partial charge in [-0.1, -0.05) is 40.9 Å². The maximum Gasteiger partial charge on any atom is 0.0688 e. The first-order chi connectivity index (χ1) is 6.68. The van der Waals surface area contributed by atoms with Crippen LogP contribution in [0.3, 0.4) is 0 Å². The molecule has 1 fully saturated rings. The summed E-state index contributed by atoms with van der Waals surface area (Å²) in [5, 5.41) is 10.2. The van der Waals surface area contributed by atoms with E-state index in [2.05, 4.69) is 28.1 Å². The van der Waals surface area contributed by atoms with E-state index in [4.69, 9.17) is 0 Å². The summed E-state index contributed by atoms with van der Waals surface area (Å²) in [7, 11) is 0. The smallest absolute Gasteiger partial charge is 0.0688 e. The molecule has 2 heteroatoms. The summed E-state index contributed by atoms with van der Waals surface area (Å²) < 4.78 is 1.10. The van der Waals surface area contributed by atoms with E-state index >= 15 is 0 Å². The molecule has 1 saturated carbocycles. The standard InChI is InChI=1S/C12H15BrO/c13-11-5-3-10(4-6-11)9-12(14)7-1-2-8-12/h3-6,14H,1-2,7-9H2. The lowest BCUT2D eigenvalue weighted by atomic mass is 9.93. The average Bonchev–Trinajstić information content (AvgIpc) is 2.57. The van der Waals surface area contributed by atoms with Gasteiger partial charge in [-0.25, -0.2) is 0 Å². The Morgan fingerprint density at radius 3 is 2.29 bits per heavy atom. The van der Waals surface area contributed by atoms with Crippen molar-refractivity contribution in [2.75, 3.05) is 0 Å². The van der Waals surface area contributed by atoms with E-state index < -0.39 is 5.60 Å². The molecule has 1 aromatic rings. The SMILES string of the molecule is OC1(Cc2ccc(Br)cc2)CCCC1. The van der Waals surface area contributed by atoms with Crippen LogP contribution < -0.4 is 0 Å². The molecule has 1 N–H and O–H groups in total. The zero-order valence-electron chi connectivity index (χ0n) is 8.17. The van der Waals surface area contributed by atoms with Gasteiger partial charge in [0.2, 0.25) is 0 Å². The average molecular weight is 255 g/mol. The molecule has 0 amide bonds. The van der Waals surface area contributed by atoms with E-state index in [0.717, 1.165) is 23.7 Å². The Bertz CT molecular complexity index is 299.